The Morgan fingerprint density at radius 2 is 1.67 bits per heavy atom. The fourth-order valence-electron chi connectivity index (χ4n) is 3.51. The highest BCUT2D eigenvalue weighted by Gasteiger charge is 2.26. The zero-order valence-corrected chi connectivity index (χ0v) is 22.4. The predicted molar refractivity (Wildman–Crippen MR) is 145 cm³/mol. The quantitative estimate of drug-likeness (QED) is 0.373. The molecule has 1 saturated carbocycles. The van der Waals surface area contributed by atoms with Gasteiger partial charge < -0.3 is 4.74 Å². The summed E-state index contributed by atoms with van der Waals surface area (Å²) in [6.07, 6.45) is 5.45. The highest BCUT2D eigenvalue weighted by molar-refractivity contribution is 7.97. The molecule has 33 heavy (non-hydrogen) atoms. The van der Waals surface area contributed by atoms with Crippen LogP contribution in [0.3, 0.4) is 0 Å². The van der Waals surface area contributed by atoms with E-state index in [9.17, 15) is 4.39 Å². The number of hydrogen-bond donors (Lipinski definition) is 0. The van der Waals surface area contributed by atoms with Crippen molar-refractivity contribution in [3.8, 4) is 5.75 Å². The summed E-state index contributed by atoms with van der Waals surface area (Å²) in [5, 5.41) is 0. The van der Waals surface area contributed by atoms with Crippen LogP contribution in [0.5, 0.6) is 5.75 Å². The average molecular weight is 474 g/mol. The van der Waals surface area contributed by atoms with Gasteiger partial charge >= 0.3 is 0 Å². The smallest absolute Gasteiger partial charge is 0.138 e. The Bertz CT molecular complexity index is 789. The maximum atomic E-state index is 14.8. The fourth-order valence-corrected chi connectivity index (χ4v) is 4.04. The molecule has 0 spiro atoms. The molecule has 0 saturated heterocycles. The molecule has 4 rings (SSSR count). The molecule has 1 atom stereocenters. The molecule has 0 N–H and O–H groups in total. The van der Waals surface area contributed by atoms with Gasteiger partial charge in [0.25, 0.3) is 0 Å². The molecule has 0 amide bonds. The van der Waals surface area contributed by atoms with E-state index in [0.29, 0.717) is 12.5 Å². The number of halogens is 1. The van der Waals surface area contributed by atoms with Crippen molar-refractivity contribution in [2.75, 3.05) is 19.4 Å². The Kier molecular flexibility index (Phi) is 14.9. The molecular formula is C29H44FNOS. The van der Waals surface area contributed by atoms with Crippen molar-refractivity contribution in [3.63, 3.8) is 0 Å². The van der Waals surface area contributed by atoms with Crippen LogP contribution in [0.15, 0.2) is 55.1 Å². The molecule has 2 nitrogen and oxygen atoms in total. The van der Waals surface area contributed by atoms with Crippen LogP contribution >= 0.6 is 11.8 Å². The highest BCUT2D eigenvalue weighted by Crippen LogP contribution is 2.34. The van der Waals surface area contributed by atoms with Crippen molar-refractivity contribution in [2.45, 2.75) is 72.5 Å². The van der Waals surface area contributed by atoms with Crippen molar-refractivity contribution in [1.29, 1.82) is 0 Å². The van der Waals surface area contributed by atoms with Gasteiger partial charge in [-0.2, -0.15) is 11.8 Å². The van der Waals surface area contributed by atoms with Crippen LogP contribution in [-0.4, -0.2) is 24.3 Å². The van der Waals surface area contributed by atoms with E-state index in [0.717, 1.165) is 42.3 Å². The normalized spacial score (nSPS) is 16.5. The first-order valence-corrected chi connectivity index (χ1v) is 13.8. The average Bonchev–Trinajstić information content (AvgIpc) is 3.67. The molecule has 0 bridgehead atoms. The number of benzene rings is 2. The minimum atomic E-state index is -0.945. The molecule has 1 fully saturated rings. The van der Waals surface area contributed by atoms with Gasteiger partial charge in [-0.25, -0.2) is 4.39 Å². The van der Waals surface area contributed by atoms with E-state index in [4.69, 9.17) is 4.74 Å². The van der Waals surface area contributed by atoms with E-state index >= 15 is 0 Å². The third kappa shape index (κ3) is 10.4. The Hall–Kier alpha value is -1.78. The summed E-state index contributed by atoms with van der Waals surface area (Å²) in [5.41, 5.74) is 4.48. The lowest BCUT2D eigenvalue weighted by Gasteiger charge is -2.31. The molecule has 2 aliphatic rings. The number of fused-ring (bicyclic) bond motifs is 1. The molecule has 0 aromatic heterocycles. The van der Waals surface area contributed by atoms with Gasteiger partial charge in [-0.15, -0.1) is 6.58 Å². The molecule has 1 aliphatic carbocycles. The summed E-state index contributed by atoms with van der Waals surface area (Å²) in [5.74, 6) is 2.57. The predicted octanol–water partition coefficient (Wildman–Crippen LogP) is 8.61. The first-order chi connectivity index (χ1) is 16.1. The second-order valence-corrected chi connectivity index (χ2v) is 8.78. The van der Waals surface area contributed by atoms with Crippen LogP contribution in [0.4, 0.5) is 4.39 Å². The Morgan fingerprint density at radius 1 is 1.06 bits per heavy atom. The summed E-state index contributed by atoms with van der Waals surface area (Å²) in [6, 6.07) is 14.6. The zero-order chi connectivity index (χ0) is 24.6. The van der Waals surface area contributed by atoms with Crippen LogP contribution in [0.25, 0.3) is 0 Å². The first-order valence-electron chi connectivity index (χ1n) is 12.4. The van der Waals surface area contributed by atoms with Gasteiger partial charge in [-0.1, -0.05) is 64.1 Å². The van der Waals surface area contributed by atoms with E-state index in [2.05, 4.69) is 42.0 Å². The van der Waals surface area contributed by atoms with Crippen molar-refractivity contribution in [1.82, 2.24) is 4.90 Å². The minimum Gasteiger partial charge on any atom is -0.493 e. The lowest BCUT2D eigenvalue weighted by atomic mass is 9.97. The molecule has 2 aromatic rings. The number of nitrogens with zero attached hydrogens (tertiary/aromatic N) is 1. The van der Waals surface area contributed by atoms with E-state index in [1.165, 1.54) is 24.0 Å². The van der Waals surface area contributed by atoms with Gasteiger partial charge in [0.2, 0.25) is 0 Å². The van der Waals surface area contributed by atoms with Crippen molar-refractivity contribution in [3.05, 3.63) is 77.4 Å². The summed E-state index contributed by atoms with van der Waals surface area (Å²) in [7, 11) is 0. The summed E-state index contributed by atoms with van der Waals surface area (Å²) in [4.78, 5) is 2.20. The van der Waals surface area contributed by atoms with E-state index < -0.39 is 6.17 Å². The minimum absolute atomic E-state index is 0.450. The molecule has 184 valence electrons. The van der Waals surface area contributed by atoms with Gasteiger partial charge in [-0.3, -0.25) is 4.90 Å². The molecule has 1 unspecified atom stereocenters. The Morgan fingerprint density at radius 3 is 2.24 bits per heavy atom. The molecule has 0 radical (unpaired) electrons. The summed E-state index contributed by atoms with van der Waals surface area (Å²) >= 11 is 1.83. The van der Waals surface area contributed by atoms with Gasteiger partial charge in [0.15, 0.2) is 0 Å². The second-order valence-electron chi connectivity index (χ2n) is 7.91. The van der Waals surface area contributed by atoms with E-state index in [1.54, 1.807) is 6.08 Å². The Balaban J connectivity index is 0.000000705. The maximum absolute atomic E-state index is 14.8. The largest absolute Gasteiger partial charge is 0.493 e. The lowest BCUT2D eigenvalue weighted by molar-refractivity contribution is 0.158. The van der Waals surface area contributed by atoms with Crippen LogP contribution in [0, 0.1) is 5.92 Å². The maximum Gasteiger partial charge on any atom is 0.138 e. The summed E-state index contributed by atoms with van der Waals surface area (Å²) < 4.78 is 20.6. The van der Waals surface area contributed by atoms with Crippen LogP contribution in [0.1, 0.15) is 75.9 Å². The Labute approximate surface area is 206 Å². The van der Waals surface area contributed by atoms with Crippen molar-refractivity contribution in [2.24, 2.45) is 5.92 Å². The summed E-state index contributed by atoms with van der Waals surface area (Å²) in [6.45, 7) is 16.1. The monoisotopic (exact) mass is 473 g/mol. The van der Waals surface area contributed by atoms with Crippen LogP contribution in [-0.2, 0) is 18.8 Å². The molecule has 2 aromatic carbocycles. The van der Waals surface area contributed by atoms with Gasteiger partial charge in [0, 0.05) is 25.4 Å². The van der Waals surface area contributed by atoms with E-state index in [-0.39, 0.29) is 0 Å². The number of alkyl halides is 1. The van der Waals surface area contributed by atoms with Gasteiger partial charge in [0.05, 0.1) is 6.61 Å². The lowest BCUT2D eigenvalue weighted by Crippen LogP contribution is -2.31. The van der Waals surface area contributed by atoms with Crippen molar-refractivity contribution >= 4 is 11.8 Å². The number of thioether (sulfide) groups is 1. The van der Waals surface area contributed by atoms with Crippen LogP contribution in [0.2, 0.25) is 0 Å². The number of rotatable bonds is 7. The SMILES string of the molecule is C=CC.CC.CC.CSCc1ccc(CN2Cc3ccc(OCC4CC4)cc3C(F)C2)cc1. The fraction of sp³-hybridized carbons (Fsp3) is 0.517. The van der Waals surface area contributed by atoms with Crippen LogP contribution < -0.4 is 4.74 Å². The number of hydrogen-bond acceptors (Lipinski definition) is 3. The highest BCUT2D eigenvalue weighted by atomic mass is 32.2. The van der Waals surface area contributed by atoms with Gasteiger partial charge in [-0.05, 0) is 66.3 Å². The second kappa shape index (κ2) is 16.8. The standard InChI is InChI=1S/C22H26FNOS.C3H6.2C2H6/c1-26-15-18-6-2-16(3-7-18)11-24-12-19-8-9-20(25-14-17-4-5-17)10-21(19)22(23)13-24;1-3-2;2*1-2/h2-3,6-10,17,22H,4-5,11-15H2,1H3;3H,1H2,2H3;2*1-2H3. The topological polar surface area (TPSA) is 12.5 Å². The first kappa shape index (κ1) is 29.3. The molecule has 1 heterocycles. The third-order valence-corrected chi connectivity index (χ3v) is 5.81. The van der Waals surface area contributed by atoms with E-state index in [1.807, 2.05) is 64.6 Å². The molecule has 1 aliphatic heterocycles. The number of allylic oxidation sites excluding steroid dienone is 1. The van der Waals surface area contributed by atoms with Crippen molar-refractivity contribution < 1.29 is 9.13 Å². The van der Waals surface area contributed by atoms with Gasteiger partial charge in [0.1, 0.15) is 11.9 Å². The third-order valence-electron chi connectivity index (χ3n) is 5.19. The molecule has 4 heteroatoms. The number of ether oxygens (including phenoxy) is 1. The molecular weight excluding hydrogens is 429 g/mol. The zero-order valence-electron chi connectivity index (χ0n) is 21.6.